The summed E-state index contributed by atoms with van der Waals surface area (Å²) < 4.78 is 12.0. The average molecular weight is 454 g/mol. The topological polar surface area (TPSA) is 79.9 Å². The second-order valence-corrected chi connectivity index (χ2v) is 9.89. The molecule has 1 aromatic rings. The van der Waals surface area contributed by atoms with Gasteiger partial charge in [0, 0.05) is 43.5 Å². The van der Waals surface area contributed by atoms with E-state index in [-0.39, 0.29) is 24.0 Å². The molecular formula is C26H35N3O4. The second kappa shape index (κ2) is 9.85. The largest absolute Gasteiger partial charge is 0.489 e. The van der Waals surface area contributed by atoms with Crippen molar-refractivity contribution in [1.29, 1.82) is 0 Å². The number of carbonyl (C=O) groups is 2. The van der Waals surface area contributed by atoms with Gasteiger partial charge in [-0.1, -0.05) is 13.0 Å². The standard InChI is InChI=1S/C26H35N3O4/c1-17-23(8-9-25(30)28-17)29-16-19-14-20(6-7-21(19)26(29)31)33-24-5-3-2-4-22(24)27-15-18-10-12-32-13-11-18/h6-7,14,18,22-24,27H,1-5,8-13,15-16H2,(H,28,30)/t22-,23?,24-/m0/s1. The van der Waals surface area contributed by atoms with Gasteiger partial charge in [-0.2, -0.15) is 0 Å². The van der Waals surface area contributed by atoms with Gasteiger partial charge in [0.1, 0.15) is 11.9 Å². The molecule has 4 aliphatic rings. The van der Waals surface area contributed by atoms with Crippen LogP contribution < -0.4 is 15.4 Å². The molecule has 3 aliphatic heterocycles. The summed E-state index contributed by atoms with van der Waals surface area (Å²) in [7, 11) is 0. The lowest BCUT2D eigenvalue weighted by Crippen LogP contribution is -2.47. The maximum absolute atomic E-state index is 13.0. The fraction of sp³-hybridized carbons (Fsp3) is 0.615. The van der Waals surface area contributed by atoms with Gasteiger partial charge in [-0.15, -0.1) is 0 Å². The maximum Gasteiger partial charge on any atom is 0.255 e. The molecule has 3 fully saturated rings. The highest BCUT2D eigenvalue weighted by Gasteiger charge is 2.37. The number of nitrogens with one attached hydrogen (secondary N) is 2. The molecule has 7 heteroatoms. The lowest BCUT2D eigenvalue weighted by Gasteiger charge is -2.34. The van der Waals surface area contributed by atoms with Crippen LogP contribution in [0.25, 0.3) is 0 Å². The van der Waals surface area contributed by atoms with Crippen molar-refractivity contribution in [2.24, 2.45) is 5.92 Å². The maximum atomic E-state index is 13.0. The van der Waals surface area contributed by atoms with Gasteiger partial charge in [0.05, 0.1) is 6.04 Å². The first-order valence-corrected chi connectivity index (χ1v) is 12.5. The Kier molecular flexibility index (Phi) is 6.69. The van der Waals surface area contributed by atoms with Crippen molar-refractivity contribution in [2.45, 2.75) is 76.1 Å². The molecule has 5 rings (SSSR count). The Labute approximate surface area is 195 Å². The first kappa shape index (κ1) is 22.4. The van der Waals surface area contributed by atoms with Gasteiger partial charge >= 0.3 is 0 Å². The van der Waals surface area contributed by atoms with Gasteiger partial charge in [-0.05, 0) is 74.8 Å². The van der Waals surface area contributed by atoms with Crippen LogP contribution >= 0.6 is 0 Å². The minimum Gasteiger partial charge on any atom is -0.489 e. The van der Waals surface area contributed by atoms with Crippen LogP contribution in [0.5, 0.6) is 5.75 Å². The van der Waals surface area contributed by atoms with Crippen LogP contribution in [0.1, 0.15) is 67.3 Å². The highest BCUT2D eigenvalue weighted by molar-refractivity contribution is 5.99. The van der Waals surface area contributed by atoms with E-state index in [4.69, 9.17) is 9.47 Å². The number of fused-ring (bicyclic) bond motifs is 1. The molecule has 2 amide bonds. The number of carbonyl (C=O) groups excluding carboxylic acids is 2. The molecule has 1 aromatic carbocycles. The summed E-state index contributed by atoms with van der Waals surface area (Å²) in [5, 5.41) is 6.59. The van der Waals surface area contributed by atoms with E-state index >= 15 is 0 Å². The molecule has 0 aromatic heterocycles. The molecule has 7 nitrogen and oxygen atoms in total. The fourth-order valence-electron chi connectivity index (χ4n) is 5.67. The molecule has 178 valence electrons. The monoisotopic (exact) mass is 453 g/mol. The average Bonchev–Trinajstić information content (AvgIpc) is 3.14. The van der Waals surface area contributed by atoms with E-state index in [2.05, 4.69) is 17.2 Å². The van der Waals surface area contributed by atoms with Crippen LogP contribution in [0, 0.1) is 5.92 Å². The Hall–Kier alpha value is -2.38. The molecule has 0 spiro atoms. The summed E-state index contributed by atoms with van der Waals surface area (Å²) in [5.41, 5.74) is 2.33. The molecule has 1 aliphatic carbocycles. The fourth-order valence-corrected chi connectivity index (χ4v) is 5.67. The van der Waals surface area contributed by atoms with Gasteiger partial charge in [-0.25, -0.2) is 0 Å². The van der Waals surface area contributed by atoms with Crippen LogP contribution in [-0.4, -0.2) is 54.7 Å². The van der Waals surface area contributed by atoms with Crippen molar-refractivity contribution in [3.63, 3.8) is 0 Å². The Morgan fingerprint density at radius 3 is 2.76 bits per heavy atom. The van der Waals surface area contributed by atoms with Gasteiger partial charge in [-0.3, -0.25) is 9.59 Å². The van der Waals surface area contributed by atoms with Crippen molar-refractivity contribution in [3.05, 3.63) is 41.6 Å². The van der Waals surface area contributed by atoms with Crippen molar-refractivity contribution < 1.29 is 19.1 Å². The minimum atomic E-state index is -0.149. The Bertz CT molecular complexity index is 911. The third kappa shape index (κ3) is 4.94. The smallest absolute Gasteiger partial charge is 0.255 e. The first-order valence-electron chi connectivity index (χ1n) is 12.5. The molecule has 3 atom stereocenters. The van der Waals surface area contributed by atoms with E-state index in [1.165, 1.54) is 12.8 Å². The highest BCUT2D eigenvalue weighted by Crippen LogP contribution is 2.33. The van der Waals surface area contributed by atoms with Gasteiger partial charge in [0.15, 0.2) is 0 Å². The zero-order chi connectivity index (χ0) is 22.8. The summed E-state index contributed by atoms with van der Waals surface area (Å²) in [6.07, 6.45) is 8.08. The zero-order valence-corrected chi connectivity index (χ0v) is 19.3. The SMILES string of the molecule is C=C1NC(=O)CCC1N1Cc2cc(O[C@H]3CCCC[C@@H]3NCC3CCOCC3)ccc2C1=O. The zero-order valence-electron chi connectivity index (χ0n) is 19.3. The molecule has 3 heterocycles. The predicted octanol–water partition coefficient (Wildman–Crippen LogP) is 3.14. The molecule has 0 bridgehead atoms. The Balaban J connectivity index is 1.22. The number of hydrogen-bond acceptors (Lipinski definition) is 5. The van der Waals surface area contributed by atoms with Crippen LogP contribution in [0.2, 0.25) is 0 Å². The molecule has 0 radical (unpaired) electrons. The van der Waals surface area contributed by atoms with E-state index in [9.17, 15) is 9.59 Å². The van der Waals surface area contributed by atoms with Crippen LogP contribution in [0.15, 0.2) is 30.5 Å². The number of benzene rings is 1. The molecule has 33 heavy (non-hydrogen) atoms. The van der Waals surface area contributed by atoms with E-state index in [0.29, 0.717) is 37.0 Å². The lowest BCUT2D eigenvalue weighted by atomic mass is 9.91. The summed E-state index contributed by atoms with van der Waals surface area (Å²) in [6.45, 7) is 7.29. The Morgan fingerprint density at radius 1 is 1.12 bits per heavy atom. The molecule has 1 saturated carbocycles. The van der Waals surface area contributed by atoms with Crippen molar-refractivity contribution in [3.8, 4) is 5.75 Å². The second-order valence-electron chi connectivity index (χ2n) is 9.89. The van der Waals surface area contributed by atoms with Crippen molar-refractivity contribution in [2.75, 3.05) is 19.8 Å². The number of amides is 2. The predicted molar refractivity (Wildman–Crippen MR) is 125 cm³/mol. The first-order chi connectivity index (χ1) is 16.1. The third-order valence-corrected chi connectivity index (χ3v) is 7.63. The van der Waals surface area contributed by atoms with E-state index < -0.39 is 0 Å². The van der Waals surface area contributed by atoms with E-state index in [1.807, 2.05) is 23.1 Å². The summed E-state index contributed by atoms with van der Waals surface area (Å²) in [4.78, 5) is 26.5. The van der Waals surface area contributed by atoms with Crippen molar-refractivity contribution >= 4 is 11.8 Å². The minimum absolute atomic E-state index is 0.00696. The third-order valence-electron chi connectivity index (χ3n) is 7.63. The summed E-state index contributed by atoms with van der Waals surface area (Å²) in [6, 6.07) is 6.07. The van der Waals surface area contributed by atoms with Crippen molar-refractivity contribution in [1.82, 2.24) is 15.5 Å². The lowest BCUT2D eigenvalue weighted by molar-refractivity contribution is -0.121. The highest BCUT2D eigenvalue weighted by atomic mass is 16.5. The van der Waals surface area contributed by atoms with Gasteiger partial charge < -0.3 is 25.0 Å². The normalized spacial score (nSPS) is 28.5. The number of ether oxygens (including phenoxy) is 2. The summed E-state index contributed by atoms with van der Waals surface area (Å²) >= 11 is 0. The van der Waals surface area contributed by atoms with Crippen LogP contribution in [0.3, 0.4) is 0 Å². The number of rotatable bonds is 6. The van der Waals surface area contributed by atoms with E-state index in [0.717, 1.165) is 62.3 Å². The molecular weight excluding hydrogens is 418 g/mol. The number of nitrogens with zero attached hydrogens (tertiary/aromatic N) is 1. The summed E-state index contributed by atoms with van der Waals surface area (Å²) in [5.74, 6) is 1.51. The number of hydrogen-bond donors (Lipinski definition) is 2. The molecule has 2 N–H and O–H groups in total. The van der Waals surface area contributed by atoms with E-state index in [1.54, 1.807) is 0 Å². The number of piperidine rings is 1. The molecule has 2 saturated heterocycles. The van der Waals surface area contributed by atoms with Crippen LogP contribution in [-0.2, 0) is 16.1 Å². The quantitative estimate of drug-likeness (QED) is 0.692. The van der Waals surface area contributed by atoms with Crippen LogP contribution in [0.4, 0.5) is 0 Å². The van der Waals surface area contributed by atoms with Gasteiger partial charge in [0.25, 0.3) is 5.91 Å². The van der Waals surface area contributed by atoms with Gasteiger partial charge in [0.2, 0.25) is 5.91 Å². The molecule has 1 unspecified atom stereocenters. The Morgan fingerprint density at radius 2 is 1.94 bits per heavy atom.